The highest BCUT2D eigenvalue weighted by molar-refractivity contribution is 8.15. The summed E-state index contributed by atoms with van der Waals surface area (Å²) < 4.78 is 10.1. The molecule has 0 spiro atoms. The van der Waals surface area contributed by atoms with Crippen LogP contribution in [0.25, 0.3) is 0 Å². The van der Waals surface area contributed by atoms with E-state index < -0.39 is 11.2 Å². The first-order valence-electron chi connectivity index (χ1n) is 10.2. The van der Waals surface area contributed by atoms with Gasteiger partial charge in [-0.2, -0.15) is 0 Å². The zero-order valence-electron chi connectivity index (χ0n) is 18.2. The smallest absolute Gasteiger partial charge is 0.337 e. The van der Waals surface area contributed by atoms with Gasteiger partial charge in [-0.3, -0.25) is 14.5 Å². The lowest BCUT2D eigenvalue weighted by molar-refractivity contribution is -0.128. The number of anilines is 1. The molecule has 1 atom stereocenters. The minimum Gasteiger partial charge on any atom is -0.494 e. The minimum absolute atomic E-state index is 0.0269. The average molecular weight is 456 g/mol. The number of thioether (sulfide) groups is 1. The Balaban J connectivity index is 1.68. The molecule has 1 saturated heterocycles. The zero-order valence-corrected chi connectivity index (χ0v) is 19.0. The van der Waals surface area contributed by atoms with Crippen molar-refractivity contribution in [3.05, 3.63) is 54.1 Å². The SMILES string of the molecule is CCOc1cccc(NC(=O)C[C@@H]2SC(=Nc3ccc(C(=O)OC)cc3)N(CC)C2=O)c1. The van der Waals surface area contributed by atoms with E-state index in [0.29, 0.717) is 41.0 Å². The molecule has 8 nitrogen and oxygen atoms in total. The summed E-state index contributed by atoms with van der Waals surface area (Å²) in [5.41, 5.74) is 1.63. The Hall–Kier alpha value is -3.33. The third kappa shape index (κ3) is 5.67. The molecule has 9 heteroatoms. The molecular formula is C23H25N3O5S. The fourth-order valence-corrected chi connectivity index (χ4v) is 4.35. The molecule has 0 radical (unpaired) electrons. The number of nitrogens with one attached hydrogen (secondary N) is 1. The number of hydrogen-bond acceptors (Lipinski definition) is 7. The second-order valence-electron chi connectivity index (χ2n) is 6.83. The van der Waals surface area contributed by atoms with Crippen LogP contribution in [0, 0.1) is 0 Å². The van der Waals surface area contributed by atoms with Gasteiger partial charge in [-0.25, -0.2) is 9.79 Å². The van der Waals surface area contributed by atoms with Gasteiger partial charge in [0, 0.05) is 24.7 Å². The van der Waals surface area contributed by atoms with Crippen LogP contribution in [0.4, 0.5) is 11.4 Å². The number of hydrogen-bond donors (Lipinski definition) is 1. The van der Waals surface area contributed by atoms with E-state index in [9.17, 15) is 14.4 Å². The van der Waals surface area contributed by atoms with Gasteiger partial charge in [0.1, 0.15) is 11.0 Å². The quantitative estimate of drug-likeness (QED) is 0.607. The summed E-state index contributed by atoms with van der Waals surface area (Å²) >= 11 is 1.26. The summed E-state index contributed by atoms with van der Waals surface area (Å²) in [4.78, 5) is 43.0. The van der Waals surface area contributed by atoms with Crippen LogP contribution < -0.4 is 10.1 Å². The van der Waals surface area contributed by atoms with Crippen LogP contribution in [0.5, 0.6) is 5.75 Å². The molecule has 2 aromatic carbocycles. The van der Waals surface area contributed by atoms with Crippen molar-refractivity contribution in [1.82, 2.24) is 4.90 Å². The molecule has 1 heterocycles. The maximum atomic E-state index is 12.8. The third-order valence-corrected chi connectivity index (χ3v) is 5.82. The molecule has 0 unspecified atom stereocenters. The first-order valence-corrected chi connectivity index (χ1v) is 11.1. The number of rotatable bonds is 8. The Labute approximate surface area is 191 Å². The number of esters is 1. The van der Waals surface area contributed by atoms with E-state index in [4.69, 9.17) is 9.47 Å². The molecule has 1 fully saturated rings. The van der Waals surface area contributed by atoms with E-state index in [1.807, 2.05) is 19.9 Å². The maximum absolute atomic E-state index is 12.8. The van der Waals surface area contributed by atoms with E-state index in [2.05, 4.69) is 10.3 Å². The third-order valence-electron chi connectivity index (χ3n) is 4.65. The molecule has 0 aromatic heterocycles. The van der Waals surface area contributed by atoms with Crippen molar-refractivity contribution in [1.29, 1.82) is 0 Å². The number of aliphatic imine (C=N–C) groups is 1. The highest BCUT2D eigenvalue weighted by atomic mass is 32.2. The lowest BCUT2D eigenvalue weighted by atomic mass is 10.2. The number of amides is 2. The van der Waals surface area contributed by atoms with Gasteiger partial charge < -0.3 is 14.8 Å². The predicted octanol–water partition coefficient (Wildman–Crippen LogP) is 3.85. The Bertz CT molecular complexity index is 1020. The number of carbonyl (C=O) groups excluding carboxylic acids is 3. The van der Waals surface area contributed by atoms with Gasteiger partial charge in [-0.1, -0.05) is 17.8 Å². The van der Waals surface area contributed by atoms with E-state index in [1.54, 1.807) is 47.4 Å². The molecule has 0 aliphatic carbocycles. The van der Waals surface area contributed by atoms with Crippen LogP contribution in [-0.4, -0.2) is 53.4 Å². The summed E-state index contributed by atoms with van der Waals surface area (Å²) in [6.45, 7) is 4.72. The van der Waals surface area contributed by atoms with Crippen LogP contribution in [0.2, 0.25) is 0 Å². The second kappa shape index (κ2) is 10.8. The van der Waals surface area contributed by atoms with E-state index >= 15 is 0 Å². The summed E-state index contributed by atoms with van der Waals surface area (Å²) in [6, 6.07) is 13.7. The Morgan fingerprint density at radius 2 is 1.91 bits per heavy atom. The summed E-state index contributed by atoms with van der Waals surface area (Å²) in [6.07, 6.45) is 0.0269. The number of amidine groups is 1. The van der Waals surface area contributed by atoms with Gasteiger partial charge in [0.2, 0.25) is 11.8 Å². The largest absolute Gasteiger partial charge is 0.494 e. The molecule has 0 saturated carbocycles. The van der Waals surface area contributed by atoms with E-state index in [1.165, 1.54) is 18.9 Å². The summed E-state index contributed by atoms with van der Waals surface area (Å²) in [7, 11) is 1.32. The van der Waals surface area contributed by atoms with Crippen LogP contribution in [0.1, 0.15) is 30.6 Å². The van der Waals surface area contributed by atoms with Crippen LogP contribution in [-0.2, 0) is 14.3 Å². The van der Waals surface area contributed by atoms with Crippen molar-refractivity contribution < 1.29 is 23.9 Å². The normalized spacial score (nSPS) is 16.8. The zero-order chi connectivity index (χ0) is 23.1. The van der Waals surface area contributed by atoms with Crippen molar-refractivity contribution in [3.8, 4) is 5.75 Å². The van der Waals surface area contributed by atoms with Crippen molar-refractivity contribution in [2.24, 2.45) is 4.99 Å². The lowest BCUT2D eigenvalue weighted by Crippen LogP contribution is -2.33. The topological polar surface area (TPSA) is 97.3 Å². The molecule has 168 valence electrons. The molecule has 32 heavy (non-hydrogen) atoms. The standard InChI is InChI=1S/C23H25N3O5S/c1-4-26-21(28)19(14-20(27)24-17-7-6-8-18(13-17)31-5-2)32-23(26)25-16-11-9-15(10-12-16)22(29)30-3/h6-13,19H,4-5,14H2,1-3H3,(H,24,27)/t19-/m0/s1. The van der Waals surface area contributed by atoms with Crippen LogP contribution in [0.15, 0.2) is 53.5 Å². The van der Waals surface area contributed by atoms with Gasteiger partial charge >= 0.3 is 5.97 Å². The molecule has 3 rings (SSSR count). The average Bonchev–Trinajstić information content (AvgIpc) is 3.07. The van der Waals surface area contributed by atoms with Gasteiger partial charge in [0.15, 0.2) is 5.17 Å². The second-order valence-corrected chi connectivity index (χ2v) is 8.00. The Kier molecular flexibility index (Phi) is 7.88. The fraction of sp³-hybridized carbons (Fsp3) is 0.304. The maximum Gasteiger partial charge on any atom is 0.337 e. The molecular weight excluding hydrogens is 430 g/mol. The highest BCUT2D eigenvalue weighted by Gasteiger charge is 2.38. The highest BCUT2D eigenvalue weighted by Crippen LogP contribution is 2.32. The van der Waals surface area contributed by atoms with Crippen molar-refractivity contribution in [2.75, 3.05) is 25.6 Å². The first-order chi connectivity index (χ1) is 15.4. The van der Waals surface area contributed by atoms with Crippen molar-refractivity contribution >= 4 is 46.1 Å². The van der Waals surface area contributed by atoms with Gasteiger partial charge in [0.05, 0.1) is 25.0 Å². The number of benzene rings is 2. The minimum atomic E-state index is -0.557. The van der Waals surface area contributed by atoms with Crippen LogP contribution >= 0.6 is 11.8 Å². The Morgan fingerprint density at radius 3 is 2.56 bits per heavy atom. The van der Waals surface area contributed by atoms with Gasteiger partial charge in [0.25, 0.3) is 0 Å². The molecule has 2 amide bonds. The molecule has 1 N–H and O–H groups in total. The van der Waals surface area contributed by atoms with E-state index in [-0.39, 0.29) is 18.2 Å². The van der Waals surface area contributed by atoms with Crippen LogP contribution in [0.3, 0.4) is 0 Å². The monoisotopic (exact) mass is 455 g/mol. The van der Waals surface area contributed by atoms with Gasteiger partial charge in [-0.05, 0) is 50.2 Å². The van der Waals surface area contributed by atoms with Gasteiger partial charge in [-0.15, -0.1) is 0 Å². The van der Waals surface area contributed by atoms with Crippen molar-refractivity contribution in [2.45, 2.75) is 25.5 Å². The molecule has 2 aromatic rings. The summed E-state index contributed by atoms with van der Waals surface area (Å²) in [5, 5.41) is 2.79. The first kappa shape index (κ1) is 23.3. The molecule has 1 aliphatic heterocycles. The number of nitrogens with zero attached hydrogens (tertiary/aromatic N) is 2. The number of methoxy groups -OCH3 is 1. The summed E-state index contributed by atoms with van der Waals surface area (Å²) in [5.74, 6) is -0.172. The predicted molar refractivity (Wildman–Crippen MR) is 125 cm³/mol. The van der Waals surface area contributed by atoms with E-state index in [0.717, 1.165) is 0 Å². The number of ether oxygens (including phenoxy) is 2. The van der Waals surface area contributed by atoms with Crippen molar-refractivity contribution in [3.63, 3.8) is 0 Å². The lowest BCUT2D eigenvalue weighted by Gasteiger charge is -2.13. The molecule has 0 bridgehead atoms. The molecule has 1 aliphatic rings. The fourth-order valence-electron chi connectivity index (χ4n) is 3.13. The Morgan fingerprint density at radius 1 is 1.16 bits per heavy atom. The number of carbonyl (C=O) groups is 3.